The van der Waals surface area contributed by atoms with Gasteiger partial charge in [-0.3, -0.25) is 24.1 Å². The molecule has 2 amide bonds. The molecule has 220 valence electrons. The summed E-state index contributed by atoms with van der Waals surface area (Å²) < 4.78 is 54.4. The van der Waals surface area contributed by atoms with Gasteiger partial charge in [0.05, 0.1) is 0 Å². The molecule has 2 atom stereocenters. The van der Waals surface area contributed by atoms with Crippen molar-refractivity contribution in [1.29, 1.82) is 0 Å². The van der Waals surface area contributed by atoms with E-state index in [0.29, 0.717) is 17.7 Å². The van der Waals surface area contributed by atoms with Gasteiger partial charge in [-0.25, -0.2) is 13.2 Å². The standard InChI is InChI=1S/C30H29F3N4O5/c1-5-18(3)35-17-37(25(6-2)41-4)36-15-22(29(39)34-14-21-23(32)12-20(31)13-24(21)33)27(38)28(26(36)30(35)40)42-16-19-10-8-7-9-11-19/h5-13,15,18,25H,1-2,14,16-17H2,3-4H3,(H,34,39)/t18-,25?/m0/s1. The maximum atomic E-state index is 14.2. The lowest BCUT2D eigenvalue weighted by Gasteiger charge is -2.44. The lowest BCUT2D eigenvalue weighted by atomic mass is 10.1. The fourth-order valence-corrected chi connectivity index (χ4v) is 4.42. The summed E-state index contributed by atoms with van der Waals surface area (Å²) in [7, 11) is 1.42. The molecule has 1 N–H and O–H groups in total. The van der Waals surface area contributed by atoms with E-state index < -0.39 is 70.4 Å². The number of benzene rings is 2. The van der Waals surface area contributed by atoms with E-state index in [1.807, 2.05) is 0 Å². The molecule has 12 heteroatoms. The van der Waals surface area contributed by atoms with Gasteiger partial charge < -0.3 is 19.7 Å². The Labute approximate surface area is 240 Å². The molecule has 2 heterocycles. The first-order chi connectivity index (χ1) is 20.1. The number of methoxy groups -OCH3 is 1. The number of nitrogens with one attached hydrogen (secondary N) is 1. The van der Waals surface area contributed by atoms with Crippen LogP contribution in [0.25, 0.3) is 0 Å². The SMILES string of the molecule is C=CC(OC)N1CN([C@@H](C)C=C)C(=O)c2c(OCc3ccccc3)c(=O)c(C(=O)NCc3c(F)cc(F)cc3F)cn21. The topological polar surface area (TPSA) is 93.1 Å². The fourth-order valence-electron chi connectivity index (χ4n) is 4.42. The van der Waals surface area contributed by atoms with Crippen LogP contribution in [0.3, 0.4) is 0 Å². The van der Waals surface area contributed by atoms with E-state index in [0.717, 1.165) is 6.20 Å². The number of nitrogens with zero attached hydrogens (tertiary/aromatic N) is 3. The summed E-state index contributed by atoms with van der Waals surface area (Å²) in [6, 6.07) is 9.35. The quantitative estimate of drug-likeness (QED) is 0.346. The third kappa shape index (κ3) is 5.93. The molecule has 2 aromatic carbocycles. The summed E-state index contributed by atoms with van der Waals surface area (Å²) in [4.78, 5) is 42.2. The largest absolute Gasteiger partial charge is 0.482 e. The van der Waals surface area contributed by atoms with Gasteiger partial charge in [-0.15, -0.1) is 6.58 Å². The molecule has 1 unspecified atom stereocenters. The number of hydrogen-bond acceptors (Lipinski definition) is 6. The number of aromatic nitrogens is 1. The van der Waals surface area contributed by atoms with Crippen molar-refractivity contribution in [3.8, 4) is 5.75 Å². The zero-order chi connectivity index (χ0) is 30.6. The lowest BCUT2D eigenvalue weighted by molar-refractivity contribution is 0.0504. The van der Waals surface area contributed by atoms with Gasteiger partial charge in [0.2, 0.25) is 5.43 Å². The van der Waals surface area contributed by atoms with Gasteiger partial charge in [0.15, 0.2) is 17.7 Å². The van der Waals surface area contributed by atoms with Gasteiger partial charge >= 0.3 is 0 Å². The van der Waals surface area contributed by atoms with Crippen molar-refractivity contribution in [3.63, 3.8) is 0 Å². The molecule has 4 rings (SSSR count). The zero-order valence-corrected chi connectivity index (χ0v) is 23.0. The molecule has 42 heavy (non-hydrogen) atoms. The number of hydrogen-bond donors (Lipinski definition) is 1. The van der Waals surface area contributed by atoms with Crippen molar-refractivity contribution in [1.82, 2.24) is 14.9 Å². The Morgan fingerprint density at radius 1 is 1.10 bits per heavy atom. The second kappa shape index (κ2) is 12.8. The Bertz CT molecular complexity index is 1550. The van der Waals surface area contributed by atoms with Crippen LogP contribution in [0.1, 0.15) is 38.9 Å². The van der Waals surface area contributed by atoms with E-state index in [1.165, 1.54) is 27.8 Å². The van der Waals surface area contributed by atoms with E-state index >= 15 is 0 Å². The molecule has 0 spiro atoms. The van der Waals surface area contributed by atoms with Crippen LogP contribution in [0, 0.1) is 17.5 Å². The van der Waals surface area contributed by atoms with Gasteiger partial charge in [-0.1, -0.05) is 43.0 Å². The predicted molar refractivity (Wildman–Crippen MR) is 149 cm³/mol. The Morgan fingerprint density at radius 3 is 2.36 bits per heavy atom. The monoisotopic (exact) mass is 582 g/mol. The molecule has 1 aromatic heterocycles. The normalized spacial score (nSPS) is 14.2. The second-order valence-electron chi connectivity index (χ2n) is 9.39. The number of carbonyl (C=O) groups is 2. The van der Waals surface area contributed by atoms with E-state index in [-0.39, 0.29) is 19.0 Å². The minimum atomic E-state index is -1.20. The lowest BCUT2D eigenvalue weighted by Crippen LogP contribution is -2.60. The van der Waals surface area contributed by atoms with Crippen LogP contribution in [0.5, 0.6) is 5.75 Å². The summed E-state index contributed by atoms with van der Waals surface area (Å²) in [5, 5.41) is 3.83. The molecule has 0 aliphatic carbocycles. The Morgan fingerprint density at radius 2 is 1.76 bits per heavy atom. The summed E-state index contributed by atoms with van der Waals surface area (Å²) >= 11 is 0. The van der Waals surface area contributed by atoms with Crippen molar-refractivity contribution in [3.05, 3.63) is 124 Å². The third-order valence-electron chi connectivity index (χ3n) is 6.76. The first-order valence-electron chi connectivity index (χ1n) is 12.8. The maximum absolute atomic E-state index is 14.2. The molecule has 3 aromatic rings. The summed E-state index contributed by atoms with van der Waals surface area (Å²) in [6.45, 7) is 8.44. The summed E-state index contributed by atoms with van der Waals surface area (Å²) in [5.41, 5.74) is -1.49. The van der Waals surface area contributed by atoms with Crippen molar-refractivity contribution in [2.75, 3.05) is 18.8 Å². The zero-order valence-electron chi connectivity index (χ0n) is 23.0. The van der Waals surface area contributed by atoms with Crippen molar-refractivity contribution in [2.45, 2.75) is 32.3 Å². The van der Waals surface area contributed by atoms with Crippen LogP contribution in [-0.2, 0) is 17.9 Å². The van der Waals surface area contributed by atoms with Gasteiger partial charge in [-0.05, 0) is 18.6 Å². The number of ether oxygens (including phenoxy) is 2. The number of carbonyl (C=O) groups excluding carboxylic acids is 2. The molecule has 9 nitrogen and oxygen atoms in total. The average molecular weight is 583 g/mol. The molecule has 0 bridgehead atoms. The van der Waals surface area contributed by atoms with Crippen molar-refractivity contribution in [2.24, 2.45) is 0 Å². The van der Waals surface area contributed by atoms with Gasteiger partial charge in [-0.2, -0.15) is 0 Å². The molecule has 0 saturated carbocycles. The van der Waals surface area contributed by atoms with Crippen LogP contribution in [-0.4, -0.2) is 47.4 Å². The summed E-state index contributed by atoms with van der Waals surface area (Å²) in [6.07, 6.45) is 3.32. The maximum Gasteiger partial charge on any atom is 0.278 e. The Balaban J connectivity index is 1.84. The summed E-state index contributed by atoms with van der Waals surface area (Å²) in [5.74, 6) is -5.52. The Hall–Kier alpha value is -4.84. The van der Waals surface area contributed by atoms with E-state index in [2.05, 4.69) is 18.5 Å². The number of halogens is 3. The number of fused-ring (bicyclic) bond motifs is 1. The van der Waals surface area contributed by atoms with Gasteiger partial charge in [0.25, 0.3) is 11.8 Å². The number of amides is 2. The van der Waals surface area contributed by atoms with Crippen molar-refractivity contribution >= 4 is 11.8 Å². The van der Waals surface area contributed by atoms with Crippen molar-refractivity contribution < 1.29 is 32.2 Å². The average Bonchev–Trinajstić information content (AvgIpc) is 2.97. The highest BCUT2D eigenvalue weighted by Crippen LogP contribution is 2.26. The molecule has 0 saturated heterocycles. The minimum absolute atomic E-state index is 0.0440. The number of rotatable bonds is 11. The van der Waals surface area contributed by atoms with Gasteiger partial charge in [0, 0.05) is 43.6 Å². The van der Waals surface area contributed by atoms with Crippen LogP contribution in [0.4, 0.5) is 13.2 Å². The van der Waals surface area contributed by atoms with E-state index in [4.69, 9.17) is 9.47 Å². The molecular weight excluding hydrogens is 553 g/mol. The van der Waals surface area contributed by atoms with Crippen LogP contribution in [0.2, 0.25) is 0 Å². The molecule has 0 fully saturated rings. The fraction of sp³-hybridized carbons (Fsp3) is 0.233. The Kier molecular flexibility index (Phi) is 9.16. The minimum Gasteiger partial charge on any atom is -0.482 e. The predicted octanol–water partition coefficient (Wildman–Crippen LogP) is 3.86. The molecular formula is C30H29F3N4O5. The highest BCUT2D eigenvalue weighted by atomic mass is 19.1. The molecule has 1 aliphatic heterocycles. The van der Waals surface area contributed by atoms with E-state index in [1.54, 1.807) is 43.3 Å². The van der Waals surface area contributed by atoms with Crippen LogP contribution >= 0.6 is 0 Å². The highest BCUT2D eigenvalue weighted by Gasteiger charge is 2.38. The third-order valence-corrected chi connectivity index (χ3v) is 6.76. The first-order valence-corrected chi connectivity index (χ1v) is 12.8. The smallest absolute Gasteiger partial charge is 0.278 e. The molecule has 1 aliphatic rings. The molecule has 0 radical (unpaired) electrons. The first kappa shape index (κ1) is 30.1. The highest BCUT2D eigenvalue weighted by molar-refractivity contribution is 5.99. The number of pyridine rings is 1. The van der Waals surface area contributed by atoms with Gasteiger partial charge in [0.1, 0.15) is 36.3 Å². The second-order valence-corrected chi connectivity index (χ2v) is 9.39. The van der Waals surface area contributed by atoms with Crippen LogP contribution in [0.15, 0.2) is 78.8 Å². The van der Waals surface area contributed by atoms with Crippen LogP contribution < -0.4 is 20.5 Å². The van der Waals surface area contributed by atoms with E-state index in [9.17, 15) is 27.6 Å².